The predicted molar refractivity (Wildman–Crippen MR) is 74.8 cm³/mol. The van der Waals surface area contributed by atoms with Gasteiger partial charge in [-0.2, -0.15) is 0 Å². The zero-order valence-electron chi connectivity index (χ0n) is 10.5. The van der Waals surface area contributed by atoms with Gasteiger partial charge in [0.15, 0.2) is 0 Å². The van der Waals surface area contributed by atoms with E-state index in [1.54, 1.807) is 0 Å². The van der Waals surface area contributed by atoms with Crippen LogP contribution < -0.4 is 5.32 Å². The summed E-state index contributed by atoms with van der Waals surface area (Å²) in [5.74, 6) is -0.0337. The van der Waals surface area contributed by atoms with Crippen LogP contribution in [0.25, 0.3) is 0 Å². The fourth-order valence-electron chi connectivity index (χ4n) is 2.14. The van der Waals surface area contributed by atoms with Crippen molar-refractivity contribution in [3.05, 3.63) is 33.8 Å². The molecule has 1 aromatic rings. The molecule has 1 N–H and O–H groups in total. The van der Waals surface area contributed by atoms with E-state index in [9.17, 15) is 4.79 Å². The molecular weight excluding hydrogens is 294 g/mol. The van der Waals surface area contributed by atoms with Crippen molar-refractivity contribution < 1.29 is 9.53 Å². The lowest BCUT2D eigenvalue weighted by atomic mass is 10.1. The van der Waals surface area contributed by atoms with Crippen LogP contribution in [-0.4, -0.2) is 25.2 Å². The molecule has 0 spiro atoms. The van der Waals surface area contributed by atoms with Gasteiger partial charge in [0.2, 0.25) is 0 Å². The Morgan fingerprint density at radius 1 is 1.44 bits per heavy atom. The third kappa shape index (κ3) is 3.82. The number of amides is 1. The van der Waals surface area contributed by atoms with Crippen LogP contribution >= 0.6 is 15.9 Å². The van der Waals surface area contributed by atoms with Crippen LogP contribution in [0.15, 0.2) is 22.7 Å². The second-order valence-corrected chi connectivity index (χ2v) is 5.63. The first-order valence-electron chi connectivity index (χ1n) is 6.32. The van der Waals surface area contributed by atoms with E-state index in [1.165, 1.54) is 6.42 Å². The number of rotatable bonds is 3. The first-order valence-corrected chi connectivity index (χ1v) is 7.11. The summed E-state index contributed by atoms with van der Waals surface area (Å²) in [6.45, 7) is 3.40. The average molecular weight is 312 g/mol. The van der Waals surface area contributed by atoms with E-state index in [2.05, 4.69) is 21.2 Å². The highest BCUT2D eigenvalue weighted by Crippen LogP contribution is 2.16. The maximum atomic E-state index is 12.0. The fraction of sp³-hybridized carbons (Fsp3) is 0.500. The largest absolute Gasteiger partial charge is 0.376 e. The lowest BCUT2D eigenvalue weighted by molar-refractivity contribution is 0.0169. The topological polar surface area (TPSA) is 38.3 Å². The van der Waals surface area contributed by atoms with Crippen LogP contribution in [0.1, 0.15) is 35.2 Å². The fourth-order valence-corrected chi connectivity index (χ4v) is 2.75. The maximum absolute atomic E-state index is 12.0. The van der Waals surface area contributed by atoms with Crippen LogP contribution in [-0.2, 0) is 4.74 Å². The van der Waals surface area contributed by atoms with Crippen molar-refractivity contribution in [2.75, 3.05) is 13.2 Å². The summed E-state index contributed by atoms with van der Waals surface area (Å²) in [5, 5.41) is 2.94. The van der Waals surface area contributed by atoms with Crippen LogP contribution in [0.3, 0.4) is 0 Å². The molecule has 0 bridgehead atoms. The molecule has 0 aliphatic carbocycles. The second kappa shape index (κ2) is 6.34. The molecule has 1 fully saturated rings. The van der Waals surface area contributed by atoms with Gasteiger partial charge in [-0.15, -0.1) is 0 Å². The van der Waals surface area contributed by atoms with Crippen molar-refractivity contribution in [1.82, 2.24) is 5.32 Å². The number of carbonyl (C=O) groups is 1. The molecule has 1 aliphatic heterocycles. The quantitative estimate of drug-likeness (QED) is 0.931. The third-order valence-electron chi connectivity index (χ3n) is 3.07. The minimum absolute atomic E-state index is 0.0337. The van der Waals surface area contributed by atoms with Gasteiger partial charge >= 0.3 is 0 Å². The van der Waals surface area contributed by atoms with E-state index in [1.807, 2.05) is 25.1 Å². The van der Waals surface area contributed by atoms with Crippen molar-refractivity contribution in [2.24, 2.45) is 0 Å². The van der Waals surface area contributed by atoms with Gasteiger partial charge in [-0.3, -0.25) is 4.79 Å². The number of hydrogen-bond donors (Lipinski definition) is 1. The number of benzene rings is 1. The molecule has 98 valence electrons. The standard InChI is InChI=1S/C14H18BrNO2/c1-10-6-11(8-12(15)7-10)14(17)16-9-13-4-2-3-5-18-13/h6-8,13H,2-5,9H2,1H3,(H,16,17). The zero-order valence-corrected chi connectivity index (χ0v) is 12.1. The second-order valence-electron chi connectivity index (χ2n) is 4.72. The van der Waals surface area contributed by atoms with Gasteiger partial charge in [0.05, 0.1) is 6.10 Å². The first-order chi connectivity index (χ1) is 8.65. The van der Waals surface area contributed by atoms with Gasteiger partial charge in [-0.25, -0.2) is 0 Å². The smallest absolute Gasteiger partial charge is 0.251 e. The summed E-state index contributed by atoms with van der Waals surface area (Å²) in [6.07, 6.45) is 3.54. The Morgan fingerprint density at radius 3 is 2.94 bits per heavy atom. The Morgan fingerprint density at radius 2 is 2.28 bits per heavy atom. The number of carbonyl (C=O) groups excluding carboxylic acids is 1. The molecule has 3 nitrogen and oxygen atoms in total. The predicted octanol–water partition coefficient (Wildman–Crippen LogP) is 3.06. The van der Waals surface area contributed by atoms with E-state index >= 15 is 0 Å². The first kappa shape index (κ1) is 13.6. The highest BCUT2D eigenvalue weighted by molar-refractivity contribution is 9.10. The van der Waals surface area contributed by atoms with Crippen LogP contribution in [0.4, 0.5) is 0 Å². The Kier molecular flexibility index (Phi) is 4.78. The summed E-state index contributed by atoms with van der Waals surface area (Å²) in [5.41, 5.74) is 1.76. The molecule has 1 heterocycles. The molecule has 1 amide bonds. The van der Waals surface area contributed by atoms with Crippen molar-refractivity contribution in [2.45, 2.75) is 32.3 Å². The van der Waals surface area contributed by atoms with Crippen molar-refractivity contribution in [1.29, 1.82) is 0 Å². The summed E-state index contributed by atoms with van der Waals surface area (Å²) in [6, 6.07) is 5.72. The molecule has 18 heavy (non-hydrogen) atoms. The minimum atomic E-state index is -0.0337. The normalized spacial score (nSPS) is 19.6. The molecule has 1 saturated heterocycles. The maximum Gasteiger partial charge on any atom is 0.251 e. The minimum Gasteiger partial charge on any atom is -0.376 e. The van der Waals surface area contributed by atoms with Crippen molar-refractivity contribution in [3.8, 4) is 0 Å². The number of halogens is 1. The van der Waals surface area contributed by atoms with Crippen molar-refractivity contribution in [3.63, 3.8) is 0 Å². The van der Waals surface area contributed by atoms with Gasteiger partial charge in [0.25, 0.3) is 5.91 Å². The van der Waals surface area contributed by atoms with Crippen molar-refractivity contribution >= 4 is 21.8 Å². The van der Waals surface area contributed by atoms with E-state index in [0.29, 0.717) is 12.1 Å². The molecule has 0 saturated carbocycles. The molecule has 0 radical (unpaired) electrons. The lowest BCUT2D eigenvalue weighted by Crippen LogP contribution is -2.35. The zero-order chi connectivity index (χ0) is 13.0. The van der Waals surface area contributed by atoms with Gasteiger partial charge in [0, 0.05) is 23.2 Å². The number of nitrogens with one attached hydrogen (secondary N) is 1. The average Bonchev–Trinajstić information content (AvgIpc) is 2.36. The highest BCUT2D eigenvalue weighted by Gasteiger charge is 2.15. The third-order valence-corrected chi connectivity index (χ3v) is 3.53. The molecule has 1 unspecified atom stereocenters. The Hall–Kier alpha value is -0.870. The molecule has 0 aromatic heterocycles. The molecule has 1 aromatic carbocycles. The van der Waals surface area contributed by atoms with E-state index in [-0.39, 0.29) is 12.0 Å². The Balaban J connectivity index is 1.90. The van der Waals surface area contributed by atoms with Crippen LogP contribution in [0.2, 0.25) is 0 Å². The summed E-state index contributed by atoms with van der Waals surface area (Å²) in [7, 11) is 0. The number of ether oxygens (including phenoxy) is 1. The number of aryl methyl sites for hydroxylation is 1. The van der Waals surface area contributed by atoms with Gasteiger partial charge in [-0.05, 0) is 49.9 Å². The lowest BCUT2D eigenvalue weighted by Gasteiger charge is -2.22. The summed E-state index contributed by atoms with van der Waals surface area (Å²) >= 11 is 3.40. The van der Waals surface area contributed by atoms with E-state index in [4.69, 9.17) is 4.74 Å². The Labute approximate surface area is 116 Å². The molecule has 2 rings (SSSR count). The molecular formula is C14H18BrNO2. The monoisotopic (exact) mass is 311 g/mol. The summed E-state index contributed by atoms with van der Waals surface area (Å²) < 4.78 is 6.52. The molecule has 4 heteroatoms. The Bertz CT molecular complexity index is 408. The van der Waals surface area contributed by atoms with Gasteiger partial charge in [0.1, 0.15) is 0 Å². The SMILES string of the molecule is Cc1cc(Br)cc(C(=O)NCC2CCCCO2)c1. The van der Waals surface area contributed by atoms with Crippen LogP contribution in [0, 0.1) is 6.92 Å². The molecule has 1 atom stereocenters. The van der Waals surface area contributed by atoms with Gasteiger partial charge in [-0.1, -0.05) is 15.9 Å². The summed E-state index contributed by atoms with van der Waals surface area (Å²) in [4.78, 5) is 12.0. The molecule has 1 aliphatic rings. The van der Waals surface area contributed by atoms with E-state index < -0.39 is 0 Å². The number of hydrogen-bond acceptors (Lipinski definition) is 2. The van der Waals surface area contributed by atoms with Crippen LogP contribution in [0.5, 0.6) is 0 Å². The van der Waals surface area contributed by atoms with Gasteiger partial charge < -0.3 is 10.1 Å². The van der Waals surface area contributed by atoms with E-state index in [0.717, 1.165) is 29.5 Å². The highest BCUT2D eigenvalue weighted by atomic mass is 79.9.